The molecule has 27 heavy (non-hydrogen) atoms. The van der Waals surface area contributed by atoms with Crippen LogP contribution >= 0.6 is 0 Å². The molecule has 1 heterocycles. The van der Waals surface area contributed by atoms with Gasteiger partial charge in [-0.1, -0.05) is 19.1 Å². The van der Waals surface area contributed by atoms with Gasteiger partial charge in [0.15, 0.2) is 0 Å². The quantitative estimate of drug-likeness (QED) is 0.647. The summed E-state index contributed by atoms with van der Waals surface area (Å²) in [5.41, 5.74) is 3.19. The first kappa shape index (κ1) is 18.4. The van der Waals surface area contributed by atoms with Gasteiger partial charge in [-0.3, -0.25) is 14.9 Å². The zero-order valence-corrected chi connectivity index (χ0v) is 15.4. The Hall–Kier alpha value is -3.41. The number of carbonyl (C=O) groups is 3. The molecule has 1 fully saturated rings. The number of barbiturate groups is 1. The molecule has 0 saturated carbocycles. The number of urea groups is 1. The summed E-state index contributed by atoms with van der Waals surface area (Å²) < 4.78 is 0. The number of amides is 4. The van der Waals surface area contributed by atoms with E-state index in [4.69, 9.17) is 0 Å². The van der Waals surface area contributed by atoms with Gasteiger partial charge < -0.3 is 5.11 Å². The molecule has 2 aromatic carbocycles. The van der Waals surface area contributed by atoms with Crippen LogP contribution in [0.4, 0.5) is 10.5 Å². The van der Waals surface area contributed by atoms with Gasteiger partial charge in [0.1, 0.15) is 11.3 Å². The maximum Gasteiger partial charge on any atom is 0.335 e. The lowest BCUT2D eigenvalue weighted by Gasteiger charge is -2.26. The van der Waals surface area contributed by atoms with Crippen molar-refractivity contribution in [2.45, 2.75) is 27.2 Å². The number of phenols is 1. The molecule has 0 atom stereocenters. The number of hydrogen-bond acceptors (Lipinski definition) is 4. The van der Waals surface area contributed by atoms with Crippen molar-refractivity contribution in [2.24, 2.45) is 0 Å². The van der Waals surface area contributed by atoms with E-state index < -0.39 is 17.8 Å². The van der Waals surface area contributed by atoms with Crippen molar-refractivity contribution in [1.29, 1.82) is 0 Å². The summed E-state index contributed by atoms with van der Waals surface area (Å²) in [5, 5.41) is 12.1. The Morgan fingerprint density at radius 3 is 2.19 bits per heavy atom. The molecule has 0 spiro atoms. The smallest absolute Gasteiger partial charge is 0.335 e. The highest BCUT2D eigenvalue weighted by molar-refractivity contribution is 6.39. The third kappa shape index (κ3) is 3.46. The second-order valence-electron chi connectivity index (χ2n) is 6.48. The summed E-state index contributed by atoms with van der Waals surface area (Å²) in [6.45, 7) is 5.48. The summed E-state index contributed by atoms with van der Waals surface area (Å²) in [4.78, 5) is 38.3. The molecule has 6 heteroatoms. The van der Waals surface area contributed by atoms with Crippen molar-refractivity contribution in [3.63, 3.8) is 0 Å². The standard InChI is InChI=1S/C21H20N2O4/c1-4-14-5-7-16(8-6-14)23-20(26)17(19(25)22-21(23)27)11-15-9-12(2)18(24)13(3)10-15/h5-11,24H,4H2,1-3H3,(H,22,25,27). The van der Waals surface area contributed by atoms with E-state index in [0.717, 1.165) is 16.9 Å². The predicted octanol–water partition coefficient (Wildman–Crippen LogP) is 3.24. The number of aryl methyl sites for hydroxylation is 3. The highest BCUT2D eigenvalue weighted by Gasteiger charge is 2.36. The molecule has 4 amide bonds. The first-order valence-electron chi connectivity index (χ1n) is 8.62. The van der Waals surface area contributed by atoms with Crippen LogP contribution in [0.5, 0.6) is 5.75 Å². The molecule has 3 rings (SSSR count). The number of phenolic OH excluding ortho intramolecular Hbond substituents is 1. The average Bonchev–Trinajstić information content (AvgIpc) is 2.63. The number of aromatic hydroxyl groups is 1. The van der Waals surface area contributed by atoms with Gasteiger partial charge in [-0.25, -0.2) is 9.69 Å². The van der Waals surface area contributed by atoms with Gasteiger partial charge in [0.2, 0.25) is 0 Å². The van der Waals surface area contributed by atoms with Crippen molar-refractivity contribution >= 4 is 29.6 Å². The van der Waals surface area contributed by atoms with Crippen molar-refractivity contribution < 1.29 is 19.5 Å². The Bertz CT molecular complexity index is 951. The van der Waals surface area contributed by atoms with Gasteiger partial charge in [0.25, 0.3) is 11.8 Å². The Kier molecular flexibility index (Phi) is 4.81. The van der Waals surface area contributed by atoms with Crippen molar-refractivity contribution in [3.8, 4) is 5.75 Å². The minimum atomic E-state index is -0.774. The van der Waals surface area contributed by atoms with Crippen LogP contribution in [-0.2, 0) is 16.0 Å². The summed E-state index contributed by atoms with van der Waals surface area (Å²) in [7, 11) is 0. The van der Waals surface area contributed by atoms with Gasteiger partial charge in [0.05, 0.1) is 5.69 Å². The summed E-state index contributed by atoms with van der Waals surface area (Å²) >= 11 is 0. The molecule has 0 radical (unpaired) electrons. The Labute approximate surface area is 157 Å². The lowest BCUT2D eigenvalue weighted by molar-refractivity contribution is -0.122. The van der Waals surface area contributed by atoms with Crippen LogP contribution < -0.4 is 10.2 Å². The minimum Gasteiger partial charge on any atom is -0.507 e. The minimum absolute atomic E-state index is 0.140. The topological polar surface area (TPSA) is 86.7 Å². The first-order chi connectivity index (χ1) is 12.8. The van der Waals surface area contributed by atoms with E-state index in [9.17, 15) is 19.5 Å². The number of imide groups is 2. The Morgan fingerprint density at radius 1 is 1.04 bits per heavy atom. The molecule has 2 aromatic rings. The number of benzene rings is 2. The van der Waals surface area contributed by atoms with Gasteiger partial charge in [-0.15, -0.1) is 0 Å². The van der Waals surface area contributed by atoms with E-state index in [-0.39, 0.29) is 11.3 Å². The SMILES string of the molecule is CCc1ccc(N2C(=O)NC(=O)C(=Cc3cc(C)c(O)c(C)c3)C2=O)cc1. The van der Waals surface area contributed by atoms with Crippen LogP contribution in [0.2, 0.25) is 0 Å². The summed E-state index contributed by atoms with van der Waals surface area (Å²) in [6.07, 6.45) is 2.26. The van der Waals surface area contributed by atoms with E-state index in [0.29, 0.717) is 22.4 Å². The second kappa shape index (κ2) is 7.07. The number of rotatable bonds is 3. The maximum atomic E-state index is 12.9. The van der Waals surface area contributed by atoms with E-state index in [1.807, 2.05) is 19.1 Å². The average molecular weight is 364 g/mol. The molecular formula is C21H20N2O4. The fourth-order valence-corrected chi connectivity index (χ4v) is 3.01. The molecule has 6 nitrogen and oxygen atoms in total. The van der Waals surface area contributed by atoms with Crippen LogP contribution in [0, 0.1) is 13.8 Å². The highest BCUT2D eigenvalue weighted by Crippen LogP contribution is 2.26. The fourth-order valence-electron chi connectivity index (χ4n) is 3.01. The molecule has 0 bridgehead atoms. The van der Waals surface area contributed by atoms with Gasteiger partial charge in [-0.2, -0.15) is 0 Å². The van der Waals surface area contributed by atoms with E-state index in [1.54, 1.807) is 38.1 Å². The third-order valence-corrected chi connectivity index (χ3v) is 4.53. The Balaban J connectivity index is 2.01. The molecule has 1 aliphatic heterocycles. The predicted molar refractivity (Wildman–Crippen MR) is 102 cm³/mol. The van der Waals surface area contributed by atoms with Gasteiger partial charge in [0, 0.05) is 0 Å². The van der Waals surface area contributed by atoms with Crippen molar-refractivity contribution in [2.75, 3.05) is 4.90 Å². The molecule has 0 aromatic heterocycles. The monoisotopic (exact) mass is 364 g/mol. The lowest BCUT2D eigenvalue weighted by atomic mass is 10.0. The van der Waals surface area contributed by atoms with E-state index in [2.05, 4.69) is 5.32 Å². The van der Waals surface area contributed by atoms with Crippen molar-refractivity contribution in [3.05, 3.63) is 64.2 Å². The van der Waals surface area contributed by atoms with E-state index >= 15 is 0 Å². The number of anilines is 1. The summed E-state index contributed by atoms with van der Waals surface area (Å²) in [6, 6.07) is 9.60. The normalized spacial score (nSPS) is 16.0. The second-order valence-corrected chi connectivity index (χ2v) is 6.48. The molecule has 138 valence electrons. The number of nitrogens with zero attached hydrogens (tertiary/aromatic N) is 1. The van der Waals surface area contributed by atoms with E-state index in [1.165, 1.54) is 6.08 Å². The Morgan fingerprint density at radius 2 is 1.63 bits per heavy atom. The van der Waals surface area contributed by atoms with Crippen molar-refractivity contribution in [1.82, 2.24) is 5.32 Å². The lowest BCUT2D eigenvalue weighted by Crippen LogP contribution is -2.54. The van der Waals surface area contributed by atoms with Crippen LogP contribution in [-0.4, -0.2) is 23.0 Å². The zero-order valence-electron chi connectivity index (χ0n) is 15.4. The fraction of sp³-hybridized carbons (Fsp3) is 0.190. The largest absolute Gasteiger partial charge is 0.507 e. The van der Waals surface area contributed by atoms with Crippen LogP contribution in [0.3, 0.4) is 0 Å². The third-order valence-electron chi connectivity index (χ3n) is 4.53. The molecule has 0 unspecified atom stereocenters. The first-order valence-corrected chi connectivity index (χ1v) is 8.62. The van der Waals surface area contributed by atoms with Gasteiger partial charge >= 0.3 is 6.03 Å². The van der Waals surface area contributed by atoms with Crippen LogP contribution in [0.25, 0.3) is 6.08 Å². The molecule has 0 aliphatic carbocycles. The molecular weight excluding hydrogens is 344 g/mol. The number of nitrogens with one attached hydrogen (secondary N) is 1. The number of hydrogen-bond donors (Lipinski definition) is 2. The molecule has 1 aliphatic rings. The summed E-state index contributed by atoms with van der Waals surface area (Å²) in [5.74, 6) is -1.25. The zero-order chi connectivity index (χ0) is 19.7. The van der Waals surface area contributed by atoms with Gasteiger partial charge in [-0.05, 0) is 72.9 Å². The highest BCUT2D eigenvalue weighted by atomic mass is 16.3. The molecule has 2 N–H and O–H groups in total. The maximum absolute atomic E-state index is 12.9. The molecule has 1 saturated heterocycles. The number of carbonyl (C=O) groups excluding carboxylic acids is 3. The van der Waals surface area contributed by atoms with Crippen LogP contribution in [0.1, 0.15) is 29.2 Å². The van der Waals surface area contributed by atoms with Crippen LogP contribution in [0.15, 0.2) is 42.0 Å².